The average Bonchev–Trinajstić information content (AvgIpc) is 2.27. The van der Waals surface area contributed by atoms with E-state index < -0.39 is 0 Å². The van der Waals surface area contributed by atoms with Crippen LogP contribution in [-0.4, -0.2) is 9.97 Å². The average molecular weight is 390 g/mol. The molecule has 2 rings (SSSR count). The Labute approximate surface area is 116 Å². The van der Waals surface area contributed by atoms with Crippen LogP contribution < -0.4 is 5.32 Å². The van der Waals surface area contributed by atoms with Crippen molar-refractivity contribution in [3.63, 3.8) is 0 Å². The Bertz CT molecular complexity index is 516. The first kappa shape index (κ1) is 11.8. The minimum Gasteiger partial charge on any atom is -0.339 e. The smallest absolute Gasteiger partial charge is 0.147 e. The highest BCUT2D eigenvalue weighted by Crippen LogP contribution is 2.25. The van der Waals surface area contributed by atoms with E-state index in [1.165, 1.54) is 11.9 Å². The summed E-state index contributed by atoms with van der Waals surface area (Å²) >= 11 is 5.66. The molecule has 1 heterocycles. The molecule has 0 bridgehead atoms. The molecular formula is C11H9BrIN3. The molecule has 0 unspecified atom stereocenters. The van der Waals surface area contributed by atoms with Crippen molar-refractivity contribution in [3.05, 3.63) is 44.3 Å². The van der Waals surface area contributed by atoms with E-state index in [-0.39, 0.29) is 0 Å². The summed E-state index contributed by atoms with van der Waals surface area (Å²) in [7, 11) is 0. The highest BCUT2D eigenvalue weighted by molar-refractivity contribution is 14.1. The van der Waals surface area contributed by atoms with Gasteiger partial charge in [0.1, 0.15) is 12.1 Å². The van der Waals surface area contributed by atoms with Gasteiger partial charge in [-0.3, -0.25) is 0 Å². The van der Waals surface area contributed by atoms with E-state index in [1.807, 2.05) is 12.1 Å². The number of nitrogens with one attached hydrogen (secondary N) is 1. The van der Waals surface area contributed by atoms with E-state index in [0.29, 0.717) is 0 Å². The molecule has 82 valence electrons. The fourth-order valence-corrected chi connectivity index (χ4v) is 2.06. The van der Waals surface area contributed by atoms with E-state index in [2.05, 4.69) is 66.8 Å². The Morgan fingerprint density at radius 3 is 2.94 bits per heavy atom. The molecule has 5 heteroatoms. The number of anilines is 2. The molecule has 0 aliphatic heterocycles. The molecule has 0 atom stereocenters. The molecule has 0 amide bonds. The standard InChI is InChI=1S/C11H9BrIN3/c1-7-2-3-8(12)4-10(7)16-11-9(13)5-14-6-15-11/h2-6H,1H3,(H,14,15,16). The molecule has 0 radical (unpaired) electrons. The third-order valence-electron chi connectivity index (χ3n) is 2.12. The second kappa shape index (κ2) is 5.09. The molecule has 3 nitrogen and oxygen atoms in total. The monoisotopic (exact) mass is 389 g/mol. The van der Waals surface area contributed by atoms with Crippen LogP contribution in [0.15, 0.2) is 35.2 Å². The van der Waals surface area contributed by atoms with Gasteiger partial charge in [0.2, 0.25) is 0 Å². The van der Waals surface area contributed by atoms with Crippen molar-refractivity contribution in [2.75, 3.05) is 5.32 Å². The fourth-order valence-electron chi connectivity index (χ4n) is 1.26. The third kappa shape index (κ3) is 2.70. The van der Waals surface area contributed by atoms with E-state index in [1.54, 1.807) is 6.20 Å². The van der Waals surface area contributed by atoms with Gasteiger partial charge in [0, 0.05) is 16.4 Å². The van der Waals surface area contributed by atoms with Crippen molar-refractivity contribution in [1.82, 2.24) is 9.97 Å². The van der Waals surface area contributed by atoms with Crippen molar-refractivity contribution >= 4 is 50.0 Å². The van der Waals surface area contributed by atoms with Crippen LogP contribution in [0.2, 0.25) is 0 Å². The number of aromatic nitrogens is 2. The second-order valence-electron chi connectivity index (χ2n) is 3.30. The highest BCUT2D eigenvalue weighted by Gasteiger charge is 2.04. The van der Waals surface area contributed by atoms with Gasteiger partial charge in [-0.25, -0.2) is 9.97 Å². The molecule has 1 aromatic heterocycles. The Hall–Kier alpha value is -0.690. The van der Waals surface area contributed by atoms with Crippen molar-refractivity contribution in [2.45, 2.75) is 6.92 Å². The van der Waals surface area contributed by atoms with Gasteiger partial charge in [-0.05, 0) is 47.2 Å². The number of benzene rings is 1. The van der Waals surface area contributed by atoms with Gasteiger partial charge in [0.05, 0.1) is 3.57 Å². The molecule has 16 heavy (non-hydrogen) atoms. The lowest BCUT2D eigenvalue weighted by molar-refractivity contribution is 1.15. The van der Waals surface area contributed by atoms with E-state index in [0.717, 1.165) is 19.5 Å². The second-order valence-corrected chi connectivity index (χ2v) is 5.38. The summed E-state index contributed by atoms with van der Waals surface area (Å²) < 4.78 is 2.05. The van der Waals surface area contributed by atoms with Gasteiger partial charge >= 0.3 is 0 Å². The van der Waals surface area contributed by atoms with Gasteiger partial charge < -0.3 is 5.32 Å². The lowest BCUT2D eigenvalue weighted by atomic mass is 10.2. The molecule has 1 N–H and O–H groups in total. The Morgan fingerprint density at radius 1 is 1.38 bits per heavy atom. The van der Waals surface area contributed by atoms with Crippen molar-refractivity contribution in [2.24, 2.45) is 0 Å². The molecule has 0 fully saturated rings. The molecule has 1 aromatic carbocycles. The Morgan fingerprint density at radius 2 is 2.19 bits per heavy atom. The summed E-state index contributed by atoms with van der Waals surface area (Å²) in [5.74, 6) is 0.830. The van der Waals surface area contributed by atoms with Crippen molar-refractivity contribution in [3.8, 4) is 0 Å². The Balaban J connectivity index is 2.34. The highest BCUT2D eigenvalue weighted by atomic mass is 127. The maximum absolute atomic E-state index is 4.20. The van der Waals surface area contributed by atoms with Crippen molar-refractivity contribution < 1.29 is 0 Å². The summed E-state index contributed by atoms with van der Waals surface area (Å²) in [6, 6.07) is 6.11. The zero-order chi connectivity index (χ0) is 11.5. The van der Waals surface area contributed by atoms with Crippen LogP contribution in [0.4, 0.5) is 11.5 Å². The maximum atomic E-state index is 4.20. The molecule has 0 saturated heterocycles. The predicted molar refractivity (Wildman–Crippen MR) is 76.9 cm³/mol. The van der Waals surface area contributed by atoms with Gasteiger partial charge in [0.15, 0.2) is 0 Å². The van der Waals surface area contributed by atoms with Crippen molar-refractivity contribution in [1.29, 1.82) is 0 Å². The molecule has 0 spiro atoms. The van der Waals surface area contributed by atoms with Crippen LogP contribution in [0.3, 0.4) is 0 Å². The largest absolute Gasteiger partial charge is 0.339 e. The molecule has 0 aliphatic rings. The van der Waals surface area contributed by atoms with Crippen LogP contribution in [0.25, 0.3) is 0 Å². The number of hydrogen-bond donors (Lipinski definition) is 1. The first-order valence-electron chi connectivity index (χ1n) is 4.65. The summed E-state index contributed by atoms with van der Waals surface area (Å²) in [6.45, 7) is 2.06. The van der Waals surface area contributed by atoms with Gasteiger partial charge in [-0.1, -0.05) is 22.0 Å². The number of hydrogen-bond acceptors (Lipinski definition) is 3. The topological polar surface area (TPSA) is 37.8 Å². The van der Waals surface area contributed by atoms with Crippen LogP contribution in [0, 0.1) is 10.5 Å². The molecule has 0 aliphatic carbocycles. The lowest BCUT2D eigenvalue weighted by Crippen LogP contribution is -1.98. The number of rotatable bonds is 2. The van der Waals surface area contributed by atoms with E-state index in [9.17, 15) is 0 Å². The van der Waals surface area contributed by atoms with E-state index in [4.69, 9.17) is 0 Å². The SMILES string of the molecule is Cc1ccc(Br)cc1Nc1ncncc1I. The molecule has 2 aromatic rings. The normalized spacial score (nSPS) is 10.2. The van der Waals surface area contributed by atoms with Crippen LogP contribution >= 0.6 is 38.5 Å². The maximum Gasteiger partial charge on any atom is 0.147 e. The first-order valence-corrected chi connectivity index (χ1v) is 6.52. The lowest BCUT2D eigenvalue weighted by Gasteiger charge is -2.10. The predicted octanol–water partition coefficient (Wildman–Crippen LogP) is 3.90. The third-order valence-corrected chi connectivity index (χ3v) is 3.40. The number of halogens is 2. The zero-order valence-electron chi connectivity index (χ0n) is 8.54. The molecular weight excluding hydrogens is 381 g/mol. The Kier molecular flexibility index (Phi) is 3.75. The first-order chi connectivity index (χ1) is 7.66. The van der Waals surface area contributed by atoms with Crippen LogP contribution in [0.1, 0.15) is 5.56 Å². The summed E-state index contributed by atoms with van der Waals surface area (Å²) in [6.07, 6.45) is 3.32. The van der Waals surface area contributed by atoms with Gasteiger partial charge in [-0.15, -0.1) is 0 Å². The van der Waals surface area contributed by atoms with Gasteiger partial charge in [-0.2, -0.15) is 0 Å². The molecule has 0 saturated carbocycles. The summed E-state index contributed by atoms with van der Waals surface area (Å²) in [4.78, 5) is 8.16. The van der Waals surface area contributed by atoms with E-state index >= 15 is 0 Å². The van der Waals surface area contributed by atoms with Crippen LogP contribution in [0.5, 0.6) is 0 Å². The quantitative estimate of drug-likeness (QED) is 0.791. The summed E-state index contributed by atoms with van der Waals surface area (Å²) in [5.41, 5.74) is 2.23. The minimum absolute atomic E-state index is 0.830. The zero-order valence-corrected chi connectivity index (χ0v) is 12.3. The fraction of sp³-hybridized carbons (Fsp3) is 0.0909. The number of nitrogens with zero attached hydrogens (tertiary/aromatic N) is 2. The summed E-state index contributed by atoms with van der Waals surface area (Å²) in [5, 5.41) is 3.29. The van der Waals surface area contributed by atoms with Gasteiger partial charge in [0.25, 0.3) is 0 Å². The number of aryl methyl sites for hydroxylation is 1. The minimum atomic E-state index is 0.830. The van der Waals surface area contributed by atoms with Crippen LogP contribution in [-0.2, 0) is 0 Å².